The van der Waals surface area contributed by atoms with Gasteiger partial charge in [-0.2, -0.15) is 0 Å². The number of allylic oxidation sites excluding steroid dienone is 1. The Bertz CT molecular complexity index is 967. The highest BCUT2D eigenvalue weighted by atomic mass is 79.9. The molecule has 1 aromatic carbocycles. The highest BCUT2D eigenvalue weighted by molar-refractivity contribution is 9.09. The van der Waals surface area contributed by atoms with E-state index in [0.29, 0.717) is 43.8 Å². The van der Waals surface area contributed by atoms with Crippen molar-refractivity contribution in [2.24, 2.45) is 4.99 Å². The summed E-state index contributed by atoms with van der Waals surface area (Å²) in [4.78, 5) is 34.4. The molecule has 7 nitrogen and oxygen atoms in total. The van der Waals surface area contributed by atoms with Gasteiger partial charge in [-0.3, -0.25) is 14.7 Å². The third-order valence-corrected chi connectivity index (χ3v) is 7.44. The molecule has 0 N–H and O–H groups in total. The molecule has 0 spiro atoms. The van der Waals surface area contributed by atoms with Crippen LogP contribution in [0.2, 0.25) is 0 Å². The third-order valence-electron chi connectivity index (χ3n) is 5.35. The summed E-state index contributed by atoms with van der Waals surface area (Å²) in [6.45, 7) is 1.78. The number of aliphatic imine (C=N–C) groups is 1. The third kappa shape index (κ3) is 5.82. The summed E-state index contributed by atoms with van der Waals surface area (Å²) < 4.78 is 8.98. The molecule has 3 heterocycles. The Morgan fingerprint density at radius 1 is 1.24 bits per heavy atom. The average molecular weight is 598 g/mol. The molecule has 0 radical (unpaired) electrons. The van der Waals surface area contributed by atoms with Gasteiger partial charge >= 0.3 is 5.97 Å². The number of β-lactam (4-membered cyclic amide) rings is 1. The van der Waals surface area contributed by atoms with Crippen molar-refractivity contribution in [3.8, 4) is 0 Å². The average Bonchev–Trinajstić information content (AvgIpc) is 3.17. The number of carbonyl (C=O) groups excluding carboxylic acids is 2. The number of amides is 1. The summed E-state index contributed by atoms with van der Waals surface area (Å²) >= 11 is 22.3. The number of morpholine rings is 1. The molecule has 33 heavy (non-hydrogen) atoms. The van der Waals surface area contributed by atoms with Gasteiger partial charge < -0.3 is 14.4 Å². The molecule has 2 fully saturated rings. The maximum atomic E-state index is 13.2. The van der Waals surface area contributed by atoms with Gasteiger partial charge in [0.05, 0.1) is 24.0 Å². The maximum Gasteiger partial charge on any atom is 0.357 e. The lowest BCUT2D eigenvalue weighted by molar-refractivity contribution is -0.150. The van der Waals surface area contributed by atoms with Gasteiger partial charge in [-0.15, -0.1) is 0 Å². The molecule has 1 aromatic rings. The van der Waals surface area contributed by atoms with Crippen molar-refractivity contribution in [2.75, 3.05) is 38.2 Å². The number of likely N-dealkylation sites (tertiary alicyclic amines) is 1. The Kier molecular flexibility index (Phi) is 8.18. The van der Waals surface area contributed by atoms with E-state index in [9.17, 15) is 9.59 Å². The van der Waals surface area contributed by atoms with Gasteiger partial charge in [0.25, 0.3) is 5.91 Å². The highest BCUT2D eigenvalue weighted by Gasteiger charge is 2.55. The van der Waals surface area contributed by atoms with E-state index in [1.165, 1.54) is 16.7 Å². The highest BCUT2D eigenvalue weighted by Crippen LogP contribution is 2.43. The first-order chi connectivity index (χ1) is 15.8. The molecule has 2 atom stereocenters. The molecular formula is C21H21BrCl3N3O4S. The number of ether oxygens (including phenoxy) is 2. The maximum absolute atomic E-state index is 13.2. The van der Waals surface area contributed by atoms with Crippen molar-refractivity contribution >= 4 is 79.4 Å². The Labute approximate surface area is 219 Å². The fourth-order valence-corrected chi connectivity index (χ4v) is 5.91. The molecule has 2 saturated heterocycles. The smallest absolute Gasteiger partial charge is 0.357 e. The summed E-state index contributed by atoms with van der Waals surface area (Å²) in [6.07, 6.45) is 0.630. The number of rotatable bonds is 7. The standard InChI is InChI=1S/C21H21BrCl3N3O4S/c22-11-14(27-6-8-31-9-7-27)17(20(30)32-12-21(23,24)25)28-18(29)16-19(28)33-15(26-16)10-13-4-2-1-3-5-13/h1-5,16,19H,6-12H2. The van der Waals surface area contributed by atoms with E-state index in [0.717, 1.165) is 10.6 Å². The first-order valence-electron chi connectivity index (χ1n) is 10.2. The van der Waals surface area contributed by atoms with Crippen molar-refractivity contribution in [3.05, 3.63) is 47.3 Å². The quantitative estimate of drug-likeness (QED) is 0.206. The molecule has 0 aliphatic carbocycles. The number of carbonyl (C=O) groups is 2. The SMILES string of the molecule is O=C(OCC(Cl)(Cl)Cl)C(=C(CBr)N1CCOCC1)N1C(=O)C2N=C(Cc3ccccc3)SC21. The molecule has 178 valence electrons. The van der Waals surface area contributed by atoms with Crippen LogP contribution in [0.4, 0.5) is 0 Å². The van der Waals surface area contributed by atoms with Gasteiger partial charge in [-0.25, -0.2) is 4.79 Å². The number of thioether (sulfide) groups is 1. The van der Waals surface area contributed by atoms with Crippen molar-refractivity contribution in [3.63, 3.8) is 0 Å². The van der Waals surface area contributed by atoms with E-state index in [1.54, 1.807) is 0 Å². The summed E-state index contributed by atoms with van der Waals surface area (Å²) in [5.74, 6) is -0.964. The van der Waals surface area contributed by atoms with Crippen LogP contribution in [-0.4, -0.2) is 80.2 Å². The molecule has 0 aromatic heterocycles. The molecule has 0 saturated carbocycles. The molecular weight excluding hydrogens is 577 g/mol. The number of esters is 1. The first kappa shape index (κ1) is 25.1. The van der Waals surface area contributed by atoms with Crippen LogP contribution in [0.5, 0.6) is 0 Å². The van der Waals surface area contributed by atoms with Crippen LogP contribution in [-0.2, 0) is 25.5 Å². The van der Waals surface area contributed by atoms with Gasteiger partial charge in [0, 0.05) is 24.8 Å². The number of fused-ring (bicyclic) bond motifs is 1. The summed E-state index contributed by atoms with van der Waals surface area (Å²) in [7, 11) is 0. The van der Waals surface area contributed by atoms with E-state index in [2.05, 4.69) is 20.9 Å². The number of nitrogens with zero attached hydrogens (tertiary/aromatic N) is 3. The minimum absolute atomic E-state index is 0.151. The predicted octanol–water partition coefficient (Wildman–Crippen LogP) is 3.76. The molecule has 12 heteroatoms. The molecule has 3 aliphatic rings. The molecule has 3 aliphatic heterocycles. The van der Waals surface area contributed by atoms with Gasteiger partial charge in [0.1, 0.15) is 12.0 Å². The number of halogens is 4. The molecule has 0 bridgehead atoms. The second-order valence-corrected chi connectivity index (χ2v) is 11.8. The normalized spacial score (nSPS) is 23.5. The second-order valence-electron chi connectivity index (χ2n) is 7.57. The van der Waals surface area contributed by atoms with E-state index in [4.69, 9.17) is 44.3 Å². The van der Waals surface area contributed by atoms with Crippen LogP contribution in [0.15, 0.2) is 46.7 Å². The Morgan fingerprint density at radius 2 is 1.94 bits per heavy atom. The zero-order valence-corrected chi connectivity index (χ0v) is 22.1. The molecule has 1 amide bonds. The zero-order chi connectivity index (χ0) is 23.6. The van der Waals surface area contributed by atoms with Gasteiger partial charge in [-0.05, 0) is 5.56 Å². The zero-order valence-electron chi connectivity index (χ0n) is 17.4. The van der Waals surface area contributed by atoms with E-state index >= 15 is 0 Å². The largest absolute Gasteiger partial charge is 0.456 e. The summed E-state index contributed by atoms with van der Waals surface area (Å²) in [5, 5.41) is 0.879. The Hall–Kier alpha value is -0.970. The van der Waals surface area contributed by atoms with Gasteiger partial charge in [0.2, 0.25) is 3.79 Å². The van der Waals surface area contributed by atoms with E-state index in [-0.39, 0.29) is 17.0 Å². The predicted molar refractivity (Wildman–Crippen MR) is 134 cm³/mol. The van der Waals surface area contributed by atoms with E-state index < -0.39 is 22.4 Å². The lowest BCUT2D eigenvalue weighted by atomic mass is 10.1. The number of hydrogen-bond acceptors (Lipinski definition) is 7. The van der Waals surface area contributed by atoms with Crippen LogP contribution in [0, 0.1) is 0 Å². The molecule has 2 unspecified atom stereocenters. The Balaban J connectivity index is 1.59. The monoisotopic (exact) mass is 595 g/mol. The molecule has 4 rings (SSSR count). The summed E-state index contributed by atoms with van der Waals surface area (Å²) in [6, 6.07) is 9.40. The van der Waals surface area contributed by atoms with Crippen LogP contribution in [0.3, 0.4) is 0 Å². The van der Waals surface area contributed by atoms with Crippen molar-refractivity contribution in [1.29, 1.82) is 0 Å². The topological polar surface area (TPSA) is 71.4 Å². The lowest BCUT2D eigenvalue weighted by Crippen LogP contribution is -2.62. The van der Waals surface area contributed by atoms with Crippen LogP contribution >= 0.6 is 62.5 Å². The van der Waals surface area contributed by atoms with Crippen LogP contribution < -0.4 is 0 Å². The van der Waals surface area contributed by atoms with Crippen molar-refractivity contribution < 1.29 is 19.1 Å². The Morgan fingerprint density at radius 3 is 2.58 bits per heavy atom. The van der Waals surface area contributed by atoms with Gasteiger partial charge in [0.15, 0.2) is 11.7 Å². The number of alkyl halides is 4. The fourth-order valence-electron chi connectivity index (χ4n) is 3.81. The van der Waals surface area contributed by atoms with Crippen molar-refractivity contribution in [1.82, 2.24) is 9.80 Å². The van der Waals surface area contributed by atoms with Gasteiger partial charge in [-0.1, -0.05) is 92.8 Å². The van der Waals surface area contributed by atoms with E-state index in [1.807, 2.05) is 35.2 Å². The minimum atomic E-state index is -1.76. The number of benzene rings is 1. The van der Waals surface area contributed by atoms with Crippen molar-refractivity contribution in [2.45, 2.75) is 21.6 Å². The van der Waals surface area contributed by atoms with Crippen LogP contribution in [0.25, 0.3) is 0 Å². The summed E-state index contributed by atoms with van der Waals surface area (Å²) in [5.41, 5.74) is 1.89. The number of hydrogen-bond donors (Lipinski definition) is 0. The second kappa shape index (κ2) is 10.7. The first-order valence-corrected chi connectivity index (χ1v) is 13.4. The minimum Gasteiger partial charge on any atom is -0.456 e. The van der Waals surface area contributed by atoms with Crippen LogP contribution in [0.1, 0.15) is 5.56 Å². The lowest BCUT2D eigenvalue weighted by Gasteiger charge is -2.43. The fraction of sp³-hybridized carbons (Fsp3) is 0.476.